The third-order valence-electron chi connectivity index (χ3n) is 4.59. The minimum absolute atomic E-state index is 0. The van der Waals surface area contributed by atoms with Gasteiger partial charge in [-0.05, 0) is 25.2 Å². The smallest absolute Gasteiger partial charge is 0.306 e. The van der Waals surface area contributed by atoms with E-state index in [1.54, 1.807) is 0 Å². The molecule has 0 aliphatic rings. The van der Waals surface area contributed by atoms with Gasteiger partial charge in [-0.2, -0.15) is 0 Å². The standard InChI is InChI=1S/C22H29NO2.ClH/c1-5-21(24)25-22(18(2)17-23(3)4,20-14-10-7-11-15-20)16-19-12-8-6-9-13-19;/h6-15,18H,5,16-17H2,1-4H3;1H/p-1/t18-,22-;/m1./s1. The second-order valence-electron chi connectivity index (χ2n) is 6.91. The summed E-state index contributed by atoms with van der Waals surface area (Å²) in [4.78, 5) is 14.5. The number of hydrogen-bond acceptors (Lipinski definition) is 3. The van der Waals surface area contributed by atoms with Gasteiger partial charge in [-0.3, -0.25) is 4.79 Å². The first kappa shape index (κ1) is 22.2. The molecule has 0 saturated heterocycles. The van der Waals surface area contributed by atoms with Crippen molar-refractivity contribution in [1.29, 1.82) is 0 Å². The predicted molar refractivity (Wildman–Crippen MR) is 102 cm³/mol. The number of nitrogens with zero attached hydrogens (tertiary/aromatic N) is 1. The van der Waals surface area contributed by atoms with Crippen molar-refractivity contribution in [2.24, 2.45) is 5.92 Å². The monoisotopic (exact) mass is 374 g/mol. The normalized spacial score (nSPS) is 14.2. The van der Waals surface area contributed by atoms with Crippen LogP contribution in [0.3, 0.4) is 0 Å². The fourth-order valence-corrected chi connectivity index (χ4v) is 3.35. The lowest BCUT2D eigenvalue weighted by Gasteiger charge is -2.40. The van der Waals surface area contributed by atoms with Crippen LogP contribution in [0.1, 0.15) is 31.4 Å². The van der Waals surface area contributed by atoms with Crippen LogP contribution in [0.25, 0.3) is 0 Å². The number of carbonyl (C=O) groups is 1. The quantitative estimate of drug-likeness (QED) is 0.652. The Bertz CT molecular complexity index is 660. The number of ether oxygens (including phenoxy) is 1. The first-order valence-electron chi connectivity index (χ1n) is 8.94. The van der Waals surface area contributed by atoms with Crippen LogP contribution in [0.5, 0.6) is 0 Å². The molecule has 0 amide bonds. The highest BCUT2D eigenvalue weighted by atomic mass is 35.5. The Labute approximate surface area is 163 Å². The van der Waals surface area contributed by atoms with Gasteiger partial charge in [0, 0.05) is 25.3 Å². The highest BCUT2D eigenvalue weighted by molar-refractivity contribution is 5.69. The Morgan fingerprint density at radius 1 is 1.04 bits per heavy atom. The molecule has 2 aromatic rings. The minimum atomic E-state index is -0.681. The average Bonchev–Trinajstić information content (AvgIpc) is 2.62. The van der Waals surface area contributed by atoms with Crippen LogP contribution < -0.4 is 12.4 Å². The largest absolute Gasteiger partial charge is 1.00 e. The van der Waals surface area contributed by atoms with Crippen LogP contribution in [0, 0.1) is 5.92 Å². The average molecular weight is 375 g/mol. The molecule has 0 spiro atoms. The maximum absolute atomic E-state index is 12.3. The number of benzene rings is 2. The zero-order chi connectivity index (χ0) is 18.3. The van der Waals surface area contributed by atoms with Crippen molar-refractivity contribution in [2.45, 2.75) is 32.3 Å². The van der Waals surface area contributed by atoms with E-state index in [4.69, 9.17) is 4.74 Å². The summed E-state index contributed by atoms with van der Waals surface area (Å²) in [5, 5.41) is 0. The molecule has 26 heavy (non-hydrogen) atoms. The zero-order valence-electron chi connectivity index (χ0n) is 16.1. The van der Waals surface area contributed by atoms with Gasteiger partial charge in [0.2, 0.25) is 0 Å². The van der Waals surface area contributed by atoms with E-state index in [1.165, 1.54) is 5.56 Å². The van der Waals surface area contributed by atoms with Crippen molar-refractivity contribution in [2.75, 3.05) is 20.6 Å². The van der Waals surface area contributed by atoms with Crippen LogP contribution >= 0.6 is 0 Å². The molecule has 0 radical (unpaired) electrons. The molecule has 0 N–H and O–H groups in total. The van der Waals surface area contributed by atoms with E-state index in [2.05, 4.69) is 50.2 Å². The molecule has 2 atom stereocenters. The molecule has 0 unspecified atom stereocenters. The molecule has 0 bridgehead atoms. The maximum atomic E-state index is 12.3. The van der Waals surface area contributed by atoms with Crippen molar-refractivity contribution in [1.82, 2.24) is 4.90 Å². The van der Waals surface area contributed by atoms with Gasteiger partial charge in [0.15, 0.2) is 0 Å². The van der Waals surface area contributed by atoms with Crippen molar-refractivity contribution in [3.63, 3.8) is 0 Å². The lowest BCUT2D eigenvalue weighted by Crippen LogP contribution is -3.00. The van der Waals surface area contributed by atoms with E-state index in [0.717, 1.165) is 12.1 Å². The van der Waals surface area contributed by atoms with E-state index in [9.17, 15) is 4.79 Å². The lowest BCUT2D eigenvalue weighted by molar-refractivity contribution is -0.168. The fraction of sp³-hybridized carbons (Fsp3) is 0.409. The molecule has 0 saturated carbocycles. The molecule has 0 aromatic heterocycles. The second kappa shape index (κ2) is 10.3. The summed E-state index contributed by atoms with van der Waals surface area (Å²) in [5.41, 5.74) is 1.54. The lowest BCUT2D eigenvalue weighted by atomic mass is 9.77. The van der Waals surface area contributed by atoms with Crippen LogP contribution in [-0.2, 0) is 21.6 Å². The highest BCUT2D eigenvalue weighted by Crippen LogP contribution is 2.38. The number of halogens is 1. The third-order valence-corrected chi connectivity index (χ3v) is 4.59. The maximum Gasteiger partial charge on any atom is 0.306 e. The van der Waals surface area contributed by atoms with Crippen molar-refractivity contribution in [3.8, 4) is 0 Å². The first-order valence-corrected chi connectivity index (χ1v) is 8.94. The molecule has 2 rings (SSSR count). The van der Waals surface area contributed by atoms with E-state index in [0.29, 0.717) is 12.8 Å². The minimum Gasteiger partial charge on any atom is -1.00 e. The van der Waals surface area contributed by atoms with E-state index < -0.39 is 5.60 Å². The Morgan fingerprint density at radius 2 is 1.58 bits per heavy atom. The molecule has 2 aromatic carbocycles. The van der Waals surface area contributed by atoms with E-state index in [1.807, 2.05) is 43.3 Å². The predicted octanol–water partition coefficient (Wildman–Crippen LogP) is 1.28. The van der Waals surface area contributed by atoms with Crippen LogP contribution in [-0.4, -0.2) is 31.5 Å². The molecule has 0 aliphatic heterocycles. The number of hydrogen-bond donors (Lipinski definition) is 0. The summed E-state index contributed by atoms with van der Waals surface area (Å²) in [5.74, 6) is -0.0222. The summed E-state index contributed by atoms with van der Waals surface area (Å²) < 4.78 is 6.17. The van der Waals surface area contributed by atoms with Gasteiger partial charge >= 0.3 is 5.97 Å². The summed E-state index contributed by atoms with van der Waals surface area (Å²) in [6.45, 7) is 4.84. The highest BCUT2D eigenvalue weighted by Gasteiger charge is 2.42. The molecular formula is C22H29ClNO2-. The van der Waals surface area contributed by atoms with Gasteiger partial charge < -0.3 is 22.0 Å². The van der Waals surface area contributed by atoms with Crippen molar-refractivity contribution in [3.05, 3.63) is 71.8 Å². The van der Waals surface area contributed by atoms with Gasteiger partial charge in [-0.1, -0.05) is 74.5 Å². The summed E-state index contributed by atoms with van der Waals surface area (Å²) >= 11 is 0. The van der Waals surface area contributed by atoms with Crippen LogP contribution in [0.15, 0.2) is 60.7 Å². The Kier molecular flexibility index (Phi) is 8.83. The van der Waals surface area contributed by atoms with Crippen LogP contribution in [0.2, 0.25) is 0 Å². The summed E-state index contributed by atoms with van der Waals surface area (Å²) in [7, 11) is 4.10. The molecule has 0 heterocycles. The van der Waals surface area contributed by atoms with Gasteiger partial charge in [0.05, 0.1) is 0 Å². The van der Waals surface area contributed by atoms with Gasteiger partial charge in [0.25, 0.3) is 0 Å². The van der Waals surface area contributed by atoms with Gasteiger partial charge in [-0.15, -0.1) is 0 Å². The molecule has 3 nitrogen and oxygen atoms in total. The third kappa shape index (κ3) is 5.58. The number of carbonyl (C=O) groups excluding carboxylic acids is 1. The van der Waals surface area contributed by atoms with Gasteiger partial charge in [-0.25, -0.2) is 0 Å². The van der Waals surface area contributed by atoms with Crippen molar-refractivity contribution < 1.29 is 21.9 Å². The zero-order valence-corrected chi connectivity index (χ0v) is 16.9. The first-order chi connectivity index (χ1) is 12.0. The SMILES string of the molecule is CCC(=O)O[C@@](Cc1ccccc1)(c1ccccc1)[C@H](C)CN(C)C.[Cl-]. The number of rotatable bonds is 8. The Balaban J connectivity index is 0.00000338. The van der Waals surface area contributed by atoms with Crippen molar-refractivity contribution >= 4 is 5.97 Å². The molecular weight excluding hydrogens is 346 g/mol. The summed E-state index contributed by atoms with van der Waals surface area (Å²) in [6, 6.07) is 20.4. The second-order valence-corrected chi connectivity index (χ2v) is 6.91. The Morgan fingerprint density at radius 3 is 2.08 bits per heavy atom. The fourth-order valence-electron chi connectivity index (χ4n) is 3.35. The van der Waals surface area contributed by atoms with E-state index >= 15 is 0 Å². The topological polar surface area (TPSA) is 29.5 Å². The Hall–Kier alpha value is -1.84. The summed E-state index contributed by atoms with van der Waals surface area (Å²) in [6.07, 6.45) is 1.04. The van der Waals surface area contributed by atoms with Gasteiger partial charge in [0.1, 0.15) is 5.60 Å². The molecule has 142 valence electrons. The number of esters is 1. The molecule has 4 heteroatoms. The molecule has 0 aliphatic carbocycles. The molecule has 0 fully saturated rings. The van der Waals surface area contributed by atoms with Crippen LogP contribution in [0.4, 0.5) is 0 Å². The van der Waals surface area contributed by atoms with E-state index in [-0.39, 0.29) is 24.3 Å².